The van der Waals surface area contributed by atoms with Gasteiger partial charge in [-0.1, -0.05) is 24.6 Å². The number of nitrogens with zero attached hydrogens (tertiary/aromatic N) is 3. The molecule has 1 aliphatic heterocycles. The fourth-order valence-electron chi connectivity index (χ4n) is 4.25. The van der Waals surface area contributed by atoms with E-state index in [0.29, 0.717) is 40.5 Å². The number of piperidine rings is 1. The minimum atomic E-state index is -2.58. The molecule has 1 saturated heterocycles. The van der Waals surface area contributed by atoms with Crippen molar-refractivity contribution in [2.24, 2.45) is 5.84 Å². The summed E-state index contributed by atoms with van der Waals surface area (Å²) in [5.41, 5.74) is 2.32. The molecule has 206 valence electrons. The largest absolute Gasteiger partial charge is 0.378 e. The third-order valence-electron chi connectivity index (χ3n) is 6.29. The summed E-state index contributed by atoms with van der Waals surface area (Å²) in [4.78, 5) is 2.89. The van der Waals surface area contributed by atoms with E-state index >= 15 is 0 Å². The Labute approximate surface area is 228 Å². The second-order valence-corrected chi connectivity index (χ2v) is 11.7. The van der Waals surface area contributed by atoms with Gasteiger partial charge in [-0.3, -0.25) is 0 Å². The van der Waals surface area contributed by atoms with Gasteiger partial charge in [-0.05, 0) is 57.7 Å². The van der Waals surface area contributed by atoms with Gasteiger partial charge in [0.25, 0.3) is 6.43 Å². The highest BCUT2D eigenvalue weighted by Gasteiger charge is 2.42. The number of allylic oxidation sites excluding steroid dienone is 7. The van der Waals surface area contributed by atoms with Gasteiger partial charge >= 0.3 is 11.4 Å². The quantitative estimate of drug-likeness (QED) is 0.103. The van der Waals surface area contributed by atoms with Crippen LogP contribution in [0, 0.1) is 0 Å². The standard InChI is InChI=1S/C25H41Cl2F2N4O2S/c1-6-23(18(2)32(4)30)33(17-25(28)29)36(34-5)24-16-20(26)14-19(15-22(24)27)8-7-13-35-21-9-11-31(3)12-10-21/h14-16,20-21,25H,6-13,17,30H2,1-5H3/q+1/b23-18+. The average molecular weight is 571 g/mol. The van der Waals surface area contributed by atoms with Gasteiger partial charge in [0, 0.05) is 38.5 Å². The Morgan fingerprint density at radius 1 is 1.31 bits per heavy atom. The smallest absolute Gasteiger partial charge is 0.309 e. The molecule has 2 atom stereocenters. The van der Waals surface area contributed by atoms with Crippen LogP contribution in [0.5, 0.6) is 0 Å². The van der Waals surface area contributed by atoms with Gasteiger partial charge in [-0.2, -0.15) is 4.31 Å². The summed E-state index contributed by atoms with van der Waals surface area (Å²) in [6, 6.07) is 0. The second kappa shape index (κ2) is 15.6. The normalized spacial score (nSPS) is 21.4. The van der Waals surface area contributed by atoms with Crippen molar-refractivity contribution in [3.63, 3.8) is 0 Å². The first-order valence-corrected chi connectivity index (χ1v) is 14.3. The lowest BCUT2D eigenvalue weighted by molar-refractivity contribution is 0.0116. The van der Waals surface area contributed by atoms with Crippen LogP contribution >= 0.6 is 23.2 Å². The van der Waals surface area contributed by atoms with Crippen molar-refractivity contribution in [1.82, 2.24) is 14.2 Å². The Hall–Kier alpha value is -0.810. The molecule has 0 radical (unpaired) electrons. The zero-order valence-electron chi connectivity index (χ0n) is 22.0. The van der Waals surface area contributed by atoms with Crippen molar-refractivity contribution in [3.05, 3.63) is 45.1 Å². The van der Waals surface area contributed by atoms with E-state index in [1.165, 1.54) is 12.1 Å². The summed E-state index contributed by atoms with van der Waals surface area (Å²) in [5, 5.41) is 1.40. The highest BCUT2D eigenvalue weighted by atomic mass is 35.5. The zero-order valence-corrected chi connectivity index (χ0v) is 24.3. The van der Waals surface area contributed by atoms with E-state index in [9.17, 15) is 8.78 Å². The molecule has 2 rings (SSSR count). The summed E-state index contributed by atoms with van der Waals surface area (Å²) in [7, 11) is 5.30. The predicted molar refractivity (Wildman–Crippen MR) is 147 cm³/mol. The Bertz CT molecular complexity index is 831. The van der Waals surface area contributed by atoms with Crippen molar-refractivity contribution < 1.29 is 17.7 Å². The Morgan fingerprint density at radius 2 is 1.97 bits per heavy atom. The summed E-state index contributed by atoms with van der Waals surface area (Å²) in [6.07, 6.45) is 7.54. The van der Waals surface area contributed by atoms with Crippen LogP contribution in [0.25, 0.3) is 0 Å². The van der Waals surface area contributed by atoms with Gasteiger partial charge in [0.15, 0.2) is 0 Å². The number of rotatable bonds is 13. The van der Waals surface area contributed by atoms with E-state index in [1.54, 1.807) is 24.4 Å². The van der Waals surface area contributed by atoms with Crippen LogP contribution in [0.3, 0.4) is 0 Å². The van der Waals surface area contributed by atoms with Crippen LogP contribution in [0.4, 0.5) is 8.78 Å². The maximum atomic E-state index is 13.7. The summed E-state index contributed by atoms with van der Waals surface area (Å²) in [6.45, 7) is 5.98. The lowest BCUT2D eigenvalue weighted by atomic mass is 10.1. The molecule has 0 spiro atoms. The average Bonchev–Trinajstić information content (AvgIpc) is 2.95. The molecular formula is C25H41Cl2F2N4O2S+. The maximum absolute atomic E-state index is 13.7. The van der Waals surface area contributed by atoms with Gasteiger partial charge in [-0.15, -0.1) is 15.8 Å². The highest BCUT2D eigenvalue weighted by molar-refractivity contribution is 7.94. The number of ether oxygens (including phenoxy) is 1. The first-order valence-electron chi connectivity index (χ1n) is 12.3. The van der Waals surface area contributed by atoms with Crippen molar-refractivity contribution in [1.29, 1.82) is 0 Å². The molecule has 0 saturated carbocycles. The molecular weight excluding hydrogens is 529 g/mol. The third-order valence-corrected chi connectivity index (χ3v) is 8.79. The number of nitrogens with two attached hydrogens (primary N) is 1. The topological polar surface area (TPSA) is 54.2 Å². The van der Waals surface area contributed by atoms with Gasteiger partial charge < -0.3 is 14.6 Å². The van der Waals surface area contributed by atoms with Gasteiger partial charge in [-0.25, -0.2) is 14.6 Å². The van der Waals surface area contributed by atoms with E-state index in [0.717, 1.165) is 44.3 Å². The van der Waals surface area contributed by atoms with Crippen LogP contribution in [0.15, 0.2) is 45.1 Å². The van der Waals surface area contributed by atoms with E-state index in [1.807, 2.05) is 19.1 Å². The molecule has 0 aromatic rings. The van der Waals surface area contributed by atoms with Gasteiger partial charge in [0.05, 0.1) is 24.3 Å². The highest BCUT2D eigenvalue weighted by Crippen LogP contribution is 2.36. The number of halogens is 4. The number of hydrogen-bond donors (Lipinski definition) is 1. The van der Waals surface area contributed by atoms with E-state index in [-0.39, 0.29) is 0 Å². The summed E-state index contributed by atoms with van der Waals surface area (Å²) in [5.74, 6) is 5.93. The van der Waals surface area contributed by atoms with E-state index in [2.05, 4.69) is 11.9 Å². The molecule has 2 N–H and O–H groups in total. The molecule has 36 heavy (non-hydrogen) atoms. The molecule has 0 aromatic carbocycles. The zero-order chi connectivity index (χ0) is 26.8. The lowest BCUT2D eigenvalue weighted by Crippen LogP contribution is -2.39. The van der Waals surface area contributed by atoms with Crippen LogP contribution < -0.4 is 5.84 Å². The number of hydrogen-bond acceptors (Lipinski definition) is 6. The van der Waals surface area contributed by atoms with Crippen LogP contribution in [0.2, 0.25) is 0 Å². The van der Waals surface area contributed by atoms with Crippen molar-refractivity contribution in [2.75, 3.05) is 47.4 Å². The number of hydrazine groups is 1. The molecule has 0 amide bonds. The molecule has 1 heterocycles. The maximum Gasteiger partial charge on any atom is 0.309 e. The first kappa shape index (κ1) is 31.4. The van der Waals surface area contributed by atoms with Gasteiger partial charge in [0.2, 0.25) is 4.91 Å². The Kier molecular flexibility index (Phi) is 13.6. The van der Waals surface area contributed by atoms with Crippen LogP contribution in [0.1, 0.15) is 46.0 Å². The number of alkyl halides is 3. The first-order chi connectivity index (χ1) is 17.1. The molecule has 1 aliphatic carbocycles. The fraction of sp³-hybridized carbons (Fsp3) is 0.680. The summed E-state index contributed by atoms with van der Waals surface area (Å²) >= 11 is 12.2. The minimum absolute atomic E-state index is 0.318. The second-order valence-electron chi connectivity index (χ2n) is 9.05. The van der Waals surface area contributed by atoms with Crippen LogP contribution in [-0.2, 0) is 20.3 Å². The SMILES string of the molecule is CC/C(=C(/C)N(C)N)N(CC(F)F)[S+](OC)C1=CC(Cl)C=C(CCCOC2CCN(C)CC2)C=C1Cl. The Balaban J connectivity index is 2.16. The monoisotopic (exact) mass is 569 g/mol. The van der Waals surface area contributed by atoms with E-state index in [4.69, 9.17) is 38.0 Å². The molecule has 2 aliphatic rings. The van der Waals surface area contributed by atoms with Crippen molar-refractivity contribution >= 4 is 34.6 Å². The predicted octanol–water partition coefficient (Wildman–Crippen LogP) is 5.54. The van der Waals surface area contributed by atoms with Crippen LogP contribution in [-0.4, -0.2) is 79.6 Å². The Morgan fingerprint density at radius 3 is 2.53 bits per heavy atom. The molecule has 1 fully saturated rings. The summed E-state index contributed by atoms with van der Waals surface area (Å²) < 4.78 is 40.7. The molecule has 11 heteroatoms. The van der Waals surface area contributed by atoms with Crippen molar-refractivity contribution in [2.45, 2.75) is 63.9 Å². The molecule has 0 aromatic heterocycles. The van der Waals surface area contributed by atoms with Gasteiger partial charge in [0.1, 0.15) is 11.6 Å². The van der Waals surface area contributed by atoms with E-state index < -0.39 is 29.7 Å². The molecule has 6 nitrogen and oxygen atoms in total. The molecule has 2 unspecified atom stereocenters. The third kappa shape index (κ3) is 9.49. The molecule has 0 bridgehead atoms. The fourth-order valence-corrected chi connectivity index (χ4v) is 6.81. The lowest BCUT2D eigenvalue weighted by Gasteiger charge is -2.28. The minimum Gasteiger partial charge on any atom is -0.378 e. The van der Waals surface area contributed by atoms with Crippen molar-refractivity contribution in [3.8, 4) is 0 Å². The number of likely N-dealkylation sites (tertiary alicyclic amines) is 1.